The van der Waals surface area contributed by atoms with Crippen molar-refractivity contribution in [2.75, 3.05) is 25.1 Å². The van der Waals surface area contributed by atoms with Crippen LogP contribution in [-0.4, -0.2) is 58.0 Å². The normalized spacial score (nSPS) is 12.6. The fraction of sp³-hybridized carbons (Fsp3) is 0.355. The predicted octanol–water partition coefficient (Wildman–Crippen LogP) is 5.93. The van der Waals surface area contributed by atoms with Crippen LogP contribution in [0.5, 0.6) is 11.5 Å². The first-order valence-corrected chi connectivity index (χ1v) is 16.0. The minimum atomic E-state index is -4.32. The van der Waals surface area contributed by atoms with Gasteiger partial charge in [-0.1, -0.05) is 49.2 Å². The molecule has 1 N–H and O–H groups in total. The standard InChI is InChI=1S/C31H37Cl2N3O6S/c1-6-21(3)34-31(38)27(7-2)35(19-22-8-10-23(32)11-9-22)30(37)20-36(25-14-12-24(33)13-15-25)43(39,40)26-16-17-28(41-4)29(18-26)42-5/h8-18,21,27H,6-7,19-20H2,1-5H3,(H,34,38)/t21-,27-/m1/s1. The van der Waals surface area contributed by atoms with E-state index in [1.165, 1.54) is 49.5 Å². The monoisotopic (exact) mass is 649 g/mol. The molecule has 0 aliphatic rings. The lowest BCUT2D eigenvalue weighted by atomic mass is 10.1. The number of carbonyl (C=O) groups is 2. The number of nitrogens with zero attached hydrogens (tertiary/aromatic N) is 2. The Bertz CT molecular complexity index is 1500. The van der Waals surface area contributed by atoms with Gasteiger partial charge in [0.2, 0.25) is 11.8 Å². The van der Waals surface area contributed by atoms with Gasteiger partial charge < -0.3 is 19.7 Å². The van der Waals surface area contributed by atoms with Crippen LogP contribution in [0.2, 0.25) is 10.0 Å². The first-order valence-electron chi connectivity index (χ1n) is 13.8. The molecule has 0 spiro atoms. The molecule has 43 heavy (non-hydrogen) atoms. The van der Waals surface area contributed by atoms with Crippen LogP contribution in [0.25, 0.3) is 0 Å². The van der Waals surface area contributed by atoms with Crippen LogP contribution in [-0.2, 0) is 26.2 Å². The summed E-state index contributed by atoms with van der Waals surface area (Å²) in [7, 11) is -1.47. The number of rotatable bonds is 14. The Morgan fingerprint density at radius 3 is 1.98 bits per heavy atom. The summed E-state index contributed by atoms with van der Waals surface area (Å²) >= 11 is 12.2. The number of amides is 2. The third-order valence-electron chi connectivity index (χ3n) is 6.99. The van der Waals surface area contributed by atoms with E-state index in [4.69, 9.17) is 32.7 Å². The van der Waals surface area contributed by atoms with Crippen LogP contribution in [0.3, 0.4) is 0 Å². The van der Waals surface area contributed by atoms with Crippen molar-refractivity contribution in [2.45, 2.75) is 57.1 Å². The van der Waals surface area contributed by atoms with E-state index in [0.29, 0.717) is 28.6 Å². The molecule has 2 amide bonds. The van der Waals surface area contributed by atoms with Gasteiger partial charge in [0, 0.05) is 28.7 Å². The highest BCUT2D eigenvalue weighted by molar-refractivity contribution is 7.92. The van der Waals surface area contributed by atoms with Gasteiger partial charge in [-0.3, -0.25) is 13.9 Å². The Hall–Kier alpha value is -3.47. The molecule has 0 aromatic heterocycles. The molecule has 12 heteroatoms. The molecule has 0 fully saturated rings. The zero-order valence-corrected chi connectivity index (χ0v) is 27.2. The minimum Gasteiger partial charge on any atom is -0.493 e. The Balaban J connectivity index is 2.09. The molecule has 3 aromatic rings. The molecule has 9 nitrogen and oxygen atoms in total. The second-order valence-corrected chi connectivity index (χ2v) is 12.6. The van der Waals surface area contributed by atoms with E-state index in [1.54, 1.807) is 43.3 Å². The Morgan fingerprint density at radius 1 is 0.860 bits per heavy atom. The Kier molecular flexibility index (Phi) is 12.1. The number of anilines is 1. The van der Waals surface area contributed by atoms with Crippen molar-refractivity contribution in [1.82, 2.24) is 10.2 Å². The van der Waals surface area contributed by atoms with Crippen molar-refractivity contribution in [3.05, 3.63) is 82.3 Å². The van der Waals surface area contributed by atoms with Crippen molar-refractivity contribution >= 4 is 50.7 Å². The van der Waals surface area contributed by atoms with Crippen LogP contribution in [0.4, 0.5) is 5.69 Å². The number of benzene rings is 3. The number of hydrogen-bond acceptors (Lipinski definition) is 6. The van der Waals surface area contributed by atoms with Crippen LogP contribution < -0.4 is 19.1 Å². The van der Waals surface area contributed by atoms with Crippen LogP contribution in [0.15, 0.2) is 71.6 Å². The smallest absolute Gasteiger partial charge is 0.264 e. The quantitative estimate of drug-likeness (QED) is 0.232. The molecule has 0 unspecified atom stereocenters. The number of hydrogen-bond donors (Lipinski definition) is 1. The molecule has 0 aliphatic heterocycles. The molecular weight excluding hydrogens is 613 g/mol. The molecule has 3 aromatic carbocycles. The van der Waals surface area contributed by atoms with Crippen molar-refractivity contribution in [3.63, 3.8) is 0 Å². The number of methoxy groups -OCH3 is 2. The number of ether oxygens (including phenoxy) is 2. The number of sulfonamides is 1. The first-order chi connectivity index (χ1) is 20.4. The van der Waals surface area contributed by atoms with Crippen molar-refractivity contribution in [1.29, 1.82) is 0 Å². The molecule has 0 aliphatic carbocycles. The lowest BCUT2D eigenvalue weighted by Crippen LogP contribution is -2.53. The highest BCUT2D eigenvalue weighted by Gasteiger charge is 2.34. The maximum absolute atomic E-state index is 14.2. The lowest BCUT2D eigenvalue weighted by Gasteiger charge is -2.33. The van der Waals surface area contributed by atoms with E-state index < -0.39 is 28.5 Å². The highest BCUT2D eigenvalue weighted by atomic mass is 35.5. The van der Waals surface area contributed by atoms with Gasteiger partial charge >= 0.3 is 0 Å². The average molecular weight is 651 g/mol. The predicted molar refractivity (Wildman–Crippen MR) is 170 cm³/mol. The van der Waals surface area contributed by atoms with Gasteiger partial charge in [-0.25, -0.2) is 8.42 Å². The highest BCUT2D eigenvalue weighted by Crippen LogP contribution is 2.33. The van der Waals surface area contributed by atoms with Crippen molar-refractivity contribution in [2.24, 2.45) is 0 Å². The topological polar surface area (TPSA) is 105 Å². The Labute approximate surface area is 263 Å². The van der Waals surface area contributed by atoms with Gasteiger partial charge in [0.25, 0.3) is 10.0 Å². The number of carbonyl (C=O) groups excluding carboxylic acids is 2. The number of nitrogens with one attached hydrogen (secondary N) is 1. The minimum absolute atomic E-state index is 0.0628. The molecule has 0 saturated carbocycles. The van der Waals surface area contributed by atoms with E-state index >= 15 is 0 Å². The van der Waals surface area contributed by atoms with Gasteiger partial charge in [-0.05, 0) is 73.9 Å². The van der Waals surface area contributed by atoms with Gasteiger partial charge in [-0.15, -0.1) is 0 Å². The lowest BCUT2D eigenvalue weighted by molar-refractivity contribution is -0.140. The van der Waals surface area contributed by atoms with Crippen LogP contribution >= 0.6 is 23.2 Å². The fourth-order valence-electron chi connectivity index (χ4n) is 4.39. The van der Waals surface area contributed by atoms with E-state index in [0.717, 1.165) is 9.87 Å². The molecule has 232 valence electrons. The molecule has 0 bridgehead atoms. The molecule has 0 heterocycles. The molecular formula is C31H37Cl2N3O6S. The second-order valence-electron chi connectivity index (χ2n) is 9.89. The van der Waals surface area contributed by atoms with E-state index in [9.17, 15) is 18.0 Å². The second kappa shape index (κ2) is 15.3. The largest absolute Gasteiger partial charge is 0.493 e. The van der Waals surface area contributed by atoms with Crippen molar-refractivity contribution in [3.8, 4) is 11.5 Å². The maximum Gasteiger partial charge on any atom is 0.264 e. The van der Waals surface area contributed by atoms with E-state index in [1.807, 2.05) is 13.8 Å². The fourth-order valence-corrected chi connectivity index (χ4v) is 6.07. The summed E-state index contributed by atoms with van der Waals surface area (Å²) in [5.41, 5.74) is 0.949. The number of halogens is 2. The summed E-state index contributed by atoms with van der Waals surface area (Å²) in [5, 5.41) is 3.88. The van der Waals surface area contributed by atoms with Gasteiger partial charge in [-0.2, -0.15) is 0 Å². The zero-order chi connectivity index (χ0) is 31.7. The summed E-state index contributed by atoms with van der Waals surface area (Å²) in [6.07, 6.45) is 1.02. The van der Waals surface area contributed by atoms with Gasteiger partial charge in [0.05, 0.1) is 24.8 Å². The van der Waals surface area contributed by atoms with Gasteiger partial charge in [0.1, 0.15) is 12.6 Å². The van der Waals surface area contributed by atoms with Crippen molar-refractivity contribution < 1.29 is 27.5 Å². The summed E-state index contributed by atoms with van der Waals surface area (Å²) in [4.78, 5) is 28.8. The summed E-state index contributed by atoms with van der Waals surface area (Å²) in [5.74, 6) is -0.328. The molecule has 3 rings (SSSR count). The third kappa shape index (κ3) is 8.55. The van der Waals surface area contributed by atoms with E-state index in [-0.39, 0.29) is 34.8 Å². The SMILES string of the molecule is CC[C@@H](C)NC(=O)[C@@H](CC)N(Cc1ccc(Cl)cc1)C(=O)CN(c1ccc(Cl)cc1)S(=O)(=O)c1ccc(OC)c(OC)c1. The third-order valence-corrected chi connectivity index (χ3v) is 9.26. The average Bonchev–Trinajstić information content (AvgIpc) is 3.00. The molecule has 0 radical (unpaired) electrons. The van der Waals surface area contributed by atoms with E-state index in [2.05, 4.69) is 5.32 Å². The first kappa shape index (κ1) is 34.0. The Morgan fingerprint density at radius 2 is 1.44 bits per heavy atom. The summed E-state index contributed by atoms with van der Waals surface area (Å²) < 4.78 is 39.8. The van der Waals surface area contributed by atoms with Gasteiger partial charge in [0.15, 0.2) is 11.5 Å². The molecule has 0 saturated heterocycles. The summed E-state index contributed by atoms with van der Waals surface area (Å²) in [6.45, 7) is 5.12. The molecule has 2 atom stereocenters. The van der Waals surface area contributed by atoms with Crippen LogP contribution in [0.1, 0.15) is 39.2 Å². The summed E-state index contributed by atoms with van der Waals surface area (Å²) in [6, 6.07) is 16.3. The van der Waals surface area contributed by atoms with Crippen LogP contribution in [0, 0.1) is 0 Å². The maximum atomic E-state index is 14.2. The zero-order valence-electron chi connectivity index (χ0n) is 24.8.